The molecule has 0 aliphatic heterocycles. The molecule has 4 nitrogen and oxygen atoms in total. The predicted octanol–water partition coefficient (Wildman–Crippen LogP) is 4.50. The van der Waals surface area contributed by atoms with Gasteiger partial charge in [-0.15, -0.1) is 24.0 Å². The molecule has 0 amide bonds. The van der Waals surface area contributed by atoms with Crippen molar-refractivity contribution in [3.8, 4) is 0 Å². The average Bonchev–Trinajstić information content (AvgIpc) is 2.61. The summed E-state index contributed by atoms with van der Waals surface area (Å²) in [6, 6.07) is 14.5. The van der Waals surface area contributed by atoms with E-state index in [0.717, 1.165) is 29.7 Å². The molecule has 3 N–H and O–H groups in total. The van der Waals surface area contributed by atoms with Crippen LogP contribution in [0.2, 0.25) is 0 Å². The van der Waals surface area contributed by atoms with Crippen molar-refractivity contribution in [2.75, 3.05) is 12.4 Å². The molecular weight excluding hydrogens is 425 g/mol. The first-order valence-electron chi connectivity index (χ1n) is 8.43. The highest BCUT2D eigenvalue weighted by atomic mass is 127. The number of ether oxygens (including phenoxy) is 1. The summed E-state index contributed by atoms with van der Waals surface area (Å²) >= 11 is 0. The lowest BCUT2D eigenvalue weighted by Gasteiger charge is -2.15. The molecule has 0 spiro atoms. The van der Waals surface area contributed by atoms with E-state index in [1.54, 1.807) is 7.11 Å². The number of nitrogens with two attached hydrogens (primary N) is 1. The van der Waals surface area contributed by atoms with Crippen LogP contribution < -0.4 is 11.1 Å². The van der Waals surface area contributed by atoms with Gasteiger partial charge in [0.1, 0.15) is 0 Å². The third-order valence-electron chi connectivity index (χ3n) is 4.09. The Morgan fingerprint density at radius 3 is 2.08 bits per heavy atom. The summed E-state index contributed by atoms with van der Waals surface area (Å²) < 4.78 is 5.24. The first-order valence-corrected chi connectivity index (χ1v) is 8.43. The Morgan fingerprint density at radius 2 is 1.52 bits per heavy atom. The summed E-state index contributed by atoms with van der Waals surface area (Å²) in [7, 11) is 1.70. The number of methoxy groups -OCH3 is 1. The molecule has 0 atom stereocenters. The second-order valence-electron chi connectivity index (χ2n) is 5.69. The molecule has 0 saturated heterocycles. The monoisotopic (exact) mass is 453 g/mol. The van der Waals surface area contributed by atoms with E-state index in [9.17, 15) is 0 Å². The first kappa shape index (κ1) is 21.4. The SMILES string of the molecule is CCc1cccc(CC)c1NC(N)=NCc1ccccc1COC.I. The van der Waals surface area contributed by atoms with Gasteiger partial charge in [-0.25, -0.2) is 4.99 Å². The first-order chi connectivity index (χ1) is 11.7. The van der Waals surface area contributed by atoms with Crippen LogP contribution in [0.15, 0.2) is 47.5 Å². The topological polar surface area (TPSA) is 59.6 Å². The molecular formula is C20H28IN3O. The van der Waals surface area contributed by atoms with Gasteiger partial charge in [0.15, 0.2) is 5.96 Å². The summed E-state index contributed by atoms with van der Waals surface area (Å²) in [5.74, 6) is 0.442. The van der Waals surface area contributed by atoms with Crippen LogP contribution >= 0.6 is 24.0 Å². The van der Waals surface area contributed by atoms with Crippen molar-refractivity contribution in [1.82, 2.24) is 0 Å². The van der Waals surface area contributed by atoms with E-state index in [-0.39, 0.29) is 24.0 Å². The number of nitrogens with one attached hydrogen (secondary N) is 1. The number of hydrogen-bond acceptors (Lipinski definition) is 2. The fraction of sp³-hybridized carbons (Fsp3) is 0.350. The van der Waals surface area contributed by atoms with Crippen LogP contribution in [0, 0.1) is 0 Å². The van der Waals surface area contributed by atoms with Crippen molar-refractivity contribution >= 4 is 35.6 Å². The standard InChI is InChI=1S/C20H27N3O.HI/c1-4-15-11-8-12-16(5-2)19(15)23-20(21)22-13-17-9-6-7-10-18(17)14-24-3;/h6-12H,4-5,13-14H2,1-3H3,(H3,21,22,23);1H. The van der Waals surface area contributed by atoms with Gasteiger partial charge in [0.25, 0.3) is 0 Å². The molecule has 0 aromatic heterocycles. The number of aryl methyl sites for hydroxylation is 2. The number of halogens is 1. The zero-order chi connectivity index (χ0) is 17.4. The zero-order valence-electron chi connectivity index (χ0n) is 15.2. The lowest BCUT2D eigenvalue weighted by atomic mass is 10.0. The van der Waals surface area contributed by atoms with E-state index < -0.39 is 0 Å². The number of nitrogens with zero attached hydrogens (tertiary/aromatic N) is 1. The molecule has 0 bridgehead atoms. The fourth-order valence-electron chi connectivity index (χ4n) is 2.75. The third-order valence-corrected chi connectivity index (χ3v) is 4.09. The van der Waals surface area contributed by atoms with Crippen molar-refractivity contribution in [3.05, 3.63) is 64.7 Å². The second-order valence-corrected chi connectivity index (χ2v) is 5.69. The van der Waals surface area contributed by atoms with Crippen LogP contribution in [0.3, 0.4) is 0 Å². The molecule has 0 heterocycles. The maximum Gasteiger partial charge on any atom is 0.193 e. The number of rotatable bonds is 7. The molecule has 0 aliphatic carbocycles. The van der Waals surface area contributed by atoms with E-state index >= 15 is 0 Å². The lowest BCUT2D eigenvalue weighted by molar-refractivity contribution is 0.184. The highest BCUT2D eigenvalue weighted by Gasteiger charge is 2.07. The molecule has 0 aliphatic rings. The minimum atomic E-state index is 0. The molecule has 0 saturated carbocycles. The largest absolute Gasteiger partial charge is 0.380 e. The highest BCUT2D eigenvalue weighted by molar-refractivity contribution is 14.0. The van der Waals surface area contributed by atoms with Crippen LogP contribution in [0.4, 0.5) is 5.69 Å². The summed E-state index contributed by atoms with van der Waals surface area (Å²) in [6.45, 7) is 5.41. The second kappa shape index (κ2) is 11.1. The molecule has 0 unspecified atom stereocenters. The molecule has 2 rings (SSSR count). The third kappa shape index (κ3) is 6.01. The quantitative estimate of drug-likeness (QED) is 0.369. The average molecular weight is 453 g/mol. The van der Waals surface area contributed by atoms with Crippen LogP contribution in [0.25, 0.3) is 0 Å². The van der Waals surface area contributed by atoms with Gasteiger partial charge in [-0.05, 0) is 35.1 Å². The molecule has 2 aromatic rings. The lowest BCUT2D eigenvalue weighted by Crippen LogP contribution is -2.24. The summed E-state index contributed by atoms with van der Waals surface area (Å²) in [6.07, 6.45) is 1.92. The summed E-state index contributed by atoms with van der Waals surface area (Å²) in [5.41, 5.74) is 12.0. The number of para-hydroxylation sites is 1. The van der Waals surface area contributed by atoms with E-state index in [0.29, 0.717) is 19.1 Å². The Hall–Kier alpha value is -1.60. The summed E-state index contributed by atoms with van der Waals surface area (Å²) in [4.78, 5) is 4.51. The smallest absolute Gasteiger partial charge is 0.193 e. The number of guanidine groups is 1. The van der Waals surface area contributed by atoms with Crippen LogP contribution in [-0.2, 0) is 30.7 Å². The van der Waals surface area contributed by atoms with Crippen LogP contribution in [0.1, 0.15) is 36.1 Å². The van der Waals surface area contributed by atoms with E-state index in [1.165, 1.54) is 11.1 Å². The summed E-state index contributed by atoms with van der Waals surface area (Å²) in [5, 5.41) is 3.30. The number of benzene rings is 2. The van der Waals surface area contributed by atoms with Gasteiger partial charge in [-0.2, -0.15) is 0 Å². The van der Waals surface area contributed by atoms with Gasteiger partial charge in [-0.1, -0.05) is 56.3 Å². The van der Waals surface area contributed by atoms with Crippen LogP contribution in [0.5, 0.6) is 0 Å². The Balaban J connectivity index is 0.00000312. The number of aliphatic imine (C=N–C) groups is 1. The normalized spacial score (nSPS) is 11.1. The minimum absolute atomic E-state index is 0. The van der Waals surface area contributed by atoms with Gasteiger partial charge in [0.2, 0.25) is 0 Å². The molecule has 5 heteroatoms. The van der Waals surface area contributed by atoms with Crippen LogP contribution in [-0.4, -0.2) is 13.1 Å². The highest BCUT2D eigenvalue weighted by Crippen LogP contribution is 2.22. The van der Waals surface area contributed by atoms with E-state index in [4.69, 9.17) is 10.5 Å². The molecule has 2 aromatic carbocycles. The molecule has 25 heavy (non-hydrogen) atoms. The van der Waals surface area contributed by atoms with Crippen molar-refractivity contribution in [2.45, 2.75) is 39.8 Å². The van der Waals surface area contributed by atoms with E-state index in [2.05, 4.69) is 54.5 Å². The van der Waals surface area contributed by atoms with Crippen molar-refractivity contribution in [3.63, 3.8) is 0 Å². The molecule has 0 radical (unpaired) electrons. The number of anilines is 1. The Morgan fingerprint density at radius 1 is 0.960 bits per heavy atom. The zero-order valence-corrected chi connectivity index (χ0v) is 17.5. The maximum atomic E-state index is 6.13. The predicted molar refractivity (Wildman–Crippen MR) is 117 cm³/mol. The van der Waals surface area contributed by atoms with Gasteiger partial charge >= 0.3 is 0 Å². The van der Waals surface area contributed by atoms with Gasteiger partial charge in [-0.3, -0.25) is 0 Å². The fourth-order valence-corrected chi connectivity index (χ4v) is 2.75. The Bertz CT molecular complexity index is 679. The van der Waals surface area contributed by atoms with Gasteiger partial charge < -0.3 is 15.8 Å². The van der Waals surface area contributed by atoms with E-state index in [1.807, 2.05) is 12.1 Å². The molecule has 136 valence electrons. The Kier molecular flexibility index (Phi) is 9.52. The maximum absolute atomic E-state index is 6.13. The van der Waals surface area contributed by atoms with Gasteiger partial charge in [0, 0.05) is 12.8 Å². The van der Waals surface area contributed by atoms with Crippen molar-refractivity contribution in [1.29, 1.82) is 0 Å². The number of hydrogen-bond donors (Lipinski definition) is 2. The van der Waals surface area contributed by atoms with Gasteiger partial charge in [0.05, 0.1) is 13.2 Å². The van der Waals surface area contributed by atoms with Crippen molar-refractivity contribution in [2.24, 2.45) is 10.7 Å². The Labute approximate surface area is 167 Å². The van der Waals surface area contributed by atoms with Crippen molar-refractivity contribution < 1.29 is 4.74 Å². The molecule has 0 fully saturated rings. The minimum Gasteiger partial charge on any atom is -0.380 e.